The summed E-state index contributed by atoms with van der Waals surface area (Å²) in [7, 11) is 0. The SMILES string of the molecule is CCOC(=O)c1cc2n(n1)C[C@@](C)(C(=O)NCc1ccccc1)N(Cc1ccc(C)o1)C2=O. The van der Waals surface area contributed by atoms with Crippen LogP contribution in [0.2, 0.25) is 0 Å². The zero-order valence-corrected chi connectivity index (χ0v) is 18.8. The normalized spacial score (nSPS) is 17.5. The van der Waals surface area contributed by atoms with E-state index >= 15 is 0 Å². The predicted molar refractivity (Wildman–Crippen MR) is 118 cm³/mol. The molecule has 2 aromatic heterocycles. The molecule has 0 saturated carbocycles. The van der Waals surface area contributed by atoms with E-state index in [1.165, 1.54) is 15.6 Å². The smallest absolute Gasteiger partial charge is 0.358 e. The number of hydrogen-bond acceptors (Lipinski definition) is 6. The van der Waals surface area contributed by atoms with Crippen LogP contribution in [0.5, 0.6) is 0 Å². The second-order valence-corrected chi connectivity index (χ2v) is 8.14. The number of amides is 2. The van der Waals surface area contributed by atoms with Gasteiger partial charge in [-0.25, -0.2) is 4.79 Å². The Morgan fingerprint density at radius 3 is 2.64 bits per heavy atom. The maximum Gasteiger partial charge on any atom is 0.358 e. The Labute approximate surface area is 191 Å². The molecule has 3 heterocycles. The molecule has 4 rings (SSSR count). The fraction of sp³-hybridized carbons (Fsp3) is 0.333. The minimum Gasteiger partial charge on any atom is -0.464 e. The summed E-state index contributed by atoms with van der Waals surface area (Å²) in [5.41, 5.74) is -0.0795. The monoisotopic (exact) mass is 450 g/mol. The van der Waals surface area contributed by atoms with Crippen LogP contribution in [0.1, 0.15) is 51.9 Å². The Balaban J connectivity index is 1.66. The van der Waals surface area contributed by atoms with Crippen LogP contribution >= 0.6 is 0 Å². The number of aromatic nitrogens is 2. The van der Waals surface area contributed by atoms with Crippen molar-refractivity contribution in [3.05, 3.63) is 77.0 Å². The number of benzene rings is 1. The maximum absolute atomic E-state index is 13.5. The minimum absolute atomic E-state index is 0.0305. The van der Waals surface area contributed by atoms with E-state index in [2.05, 4.69) is 10.4 Å². The van der Waals surface area contributed by atoms with E-state index in [0.29, 0.717) is 18.1 Å². The summed E-state index contributed by atoms with van der Waals surface area (Å²) >= 11 is 0. The number of carbonyl (C=O) groups excluding carboxylic acids is 3. The Morgan fingerprint density at radius 2 is 1.97 bits per heavy atom. The van der Waals surface area contributed by atoms with Crippen LogP contribution in [-0.4, -0.2) is 44.6 Å². The molecule has 3 aromatic rings. The van der Waals surface area contributed by atoms with Gasteiger partial charge >= 0.3 is 5.97 Å². The lowest BCUT2D eigenvalue weighted by Crippen LogP contribution is -2.63. The van der Waals surface area contributed by atoms with Gasteiger partial charge in [0.05, 0.1) is 19.7 Å². The molecule has 0 fully saturated rings. The molecule has 0 bridgehead atoms. The summed E-state index contributed by atoms with van der Waals surface area (Å²) in [6.45, 7) is 5.88. The van der Waals surface area contributed by atoms with Crippen molar-refractivity contribution in [1.29, 1.82) is 0 Å². The molecule has 1 aliphatic heterocycles. The molecule has 2 amide bonds. The third-order valence-electron chi connectivity index (χ3n) is 5.68. The van der Waals surface area contributed by atoms with Crippen molar-refractivity contribution in [1.82, 2.24) is 20.0 Å². The molecule has 1 N–H and O–H groups in total. The first-order valence-corrected chi connectivity index (χ1v) is 10.8. The Kier molecular flexibility index (Phi) is 6.04. The first-order valence-electron chi connectivity index (χ1n) is 10.8. The average molecular weight is 450 g/mol. The number of esters is 1. The maximum atomic E-state index is 13.5. The number of ether oxygens (including phenoxy) is 1. The lowest BCUT2D eigenvalue weighted by Gasteiger charge is -2.42. The highest BCUT2D eigenvalue weighted by molar-refractivity contribution is 6.01. The first kappa shape index (κ1) is 22.3. The van der Waals surface area contributed by atoms with Gasteiger partial charge < -0.3 is 19.4 Å². The first-order chi connectivity index (χ1) is 15.8. The summed E-state index contributed by atoms with van der Waals surface area (Å²) < 4.78 is 12.1. The van der Waals surface area contributed by atoms with E-state index in [-0.39, 0.29) is 37.0 Å². The molecule has 1 atom stereocenters. The van der Waals surface area contributed by atoms with Crippen molar-refractivity contribution in [2.75, 3.05) is 6.61 Å². The Morgan fingerprint density at radius 1 is 1.21 bits per heavy atom. The quantitative estimate of drug-likeness (QED) is 0.555. The zero-order valence-electron chi connectivity index (χ0n) is 18.8. The van der Waals surface area contributed by atoms with Gasteiger partial charge in [-0.15, -0.1) is 0 Å². The van der Waals surface area contributed by atoms with Crippen molar-refractivity contribution in [3.8, 4) is 0 Å². The topological polar surface area (TPSA) is 107 Å². The predicted octanol–water partition coefficient (Wildman–Crippen LogP) is 2.69. The number of hydrogen-bond donors (Lipinski definition) is 1. The second-order valence-electron chi connectivity index (χ2n) is 8.14. The summed E-state index contributed by atoms with van der Waals surface area (Å²) in [6, 6.07) is 14.5. The van der Waals surface area contributed by atoms with Crippen molar-refractivity contribution in [3.63, 3.8) is 0 Å². The number of nitrogens with zero attached hydrogens (tertiary/aromatic N) is 3. The molecule has 0 saturated heterocycles. The third-order valence-corrected chi connectivity index (χ3v) is 5.68. The second kappa shape index (κ2) is 8.93. The molecule has 0 radical (unpaired) electrons. The molecule has 9 nitrogen and oxygen atoms in total. The van der Waals surface area contributed by atoms with Crippen LogP contribution in [0.25, 0.3) is 0 Å². The Hall–Kier alpha value is -3.88. The molecule has 33 heavy (non-hydrogen) atoms. The number of nitrogens with one attached hydrogen (secondary N) is 1. The largest absolute Gasteiger partial charge is 0.464 e. The van der Waals surface area contributed by atoms with Crippen molar-refractivity contribution in [2.45, 2.75) is 45.9 Å². The fourth-order valence-corrected chi connectivity index (χ4v) is 3.89. The molecular formula is C24H26N4O5. The Bertz CT molecular complexity index is 1180. The minimum atomic E-state index is -1.27. The molecule has 172 valence electrons. The van der Waals surface area contributed by atoms with Crippen LogP contribution in [0.15, 0.2) is 52.9 Å². The molecular weight excluding hydrogens is 424 g/mol. The van der Waals surface area contributed by atoms with Gasteiger partial charge in [-0.2, -0.15) is 5.10 Å². The third kappa shape index (κ3) is 4.39. The molecule has 0 unspecified atom stereocenters. The molecule has 1 aromatic carbocycles. The van der Waals surface area contributed by atoms with Gasteiger partial charge in [0.25, 0.3) is 5.91 Å². The van der Waals surface area contributed by atoms with Gasteiger partial charge in [0.2, 0.25) is 5.91 Å². The molecule has 9 heteroatoms. The zero-order chi connectivity index (χ0) is 23.6. The summed E-state index contributed by atoms with van der Waals surface area (Å²) in [6.07, 6.45) is 0. The molecule has 0 spiro atoms. The molecule has 0 aliphatic carbocycles. The fourth-order valence-electron chi connectivity index (χ4n) is 3.89. The van der Waals surface area contributed by atoms with E-state index in [0.717, 1.165) is 5.56 Å². The van der Waals surface area contributed by atoms with Crippen LogP contribution in [-0.2, 0) is 29.2 Å². The van der Waals surface area contributed by atoms with E-state index in [1.807, 2.05) is 37.3 Å². The van der Waals surface area contributed by atoms with Gasteiger partial charge in [0.15, 0.2) is 5.69 Å². The lowest BCUT2D eigenvalue weighted by atomic mass is 9.94. The van der Waals surface area contributed by atoms with Gasteiger partial charge in [0.1, 0.15) is 22.8 Å². The summed E-state index contributed by atoms with van der Waals surface area (Å²) in [5.74, 6) is -0.103. The van der Waals surface area contributed by atoms with Gasteiger partial charge in [-0.1, -0.05) is 30.3 Å². The van der Waals surface area contributed by atoms with E-state index in [1.54, 1.807) is 26.0 Å². The molecule has 1 aliphatic rings. The van der Waals surface area contributed by atoms with Crippen molar-refractivity contribution < 1.29 is 23.5 Å². The highest BCUT2D eigenvalue weighted by Gasteiger charge is 2.48. The number of carbonyl (C=O) groups is 3. The van der Waals surface area contributed by atoms with Crippen LogP contribution in [0.3, 0.4) is 0 Å². The lowest BCUT2D eigenvalue weighted by molar-refractivity contribution is -0.133. The van der Waals surface area contributed by atoms with Crippen LogP contribution in [0, 0.1) is 6.92 Å². The van der Waals surface area contributed by atoms with Crippen LogP contribution < -0.4 is 5.32 Å². The average Bonchev–Trinajstić information content (AvgIpc) is 3.42. The summed E-state index contributed by atoms with van der Waals surface area (Å²) in [5, 5.41) is 7.19. The van der Waals surface area contributed by atoms with Crippen molar-refractivity contribution in [2.24, 2.45) is 0 Å². The standard InChI is InChI=1S/C24H26N4O5/c1-4-32-22(30)19-12-20-21(29)27(14-18-11-10-16(2)33-18)24(3,15-28(20)26-19)23(31)25-13-17-8-6-5-7-9-17/h5-12H,4,13-15H2,1-3H3,(H,25,31)/t24-/m0/s1. The number of rotatable bonds is 7. The summed E-state index contributed by atoms with van der Waals surface area (Å²) in [4.78, 5) is 40.6. The van der Waals surface area contributed by atoms with Crippen molar-refractivity contribution >= 4 is 17.8 Å². The van der Waals surface area contributed by atoms with E-state index < -0.39 is 17.4 Å². The number of furan rings is 1. The van der Waals surface area contributed by atoms with E-state index in [9.17, 15) is 14.4 Å². The van der Waals surface area contributed by atoms with Crippen LogP contribution in [0.4, 0.5) is 0 Å². The highest BCUT2D eigenvalue weighted by atomic mass is 16.5. The van der Waals surface area contributed by atoms with Gasteiger partial charge in [-0.05, 0) is 38.5 Å². The number of fused-ring (bicyclic) bond motifs is 1. The van der Waals surface area contributed by atoms with Gasteiger partial charge in [0, 0.05) is 12.6 Å². The highest BCUT2D eigenvalue weighted by Crippen LogP contribution is 2.30. The number of aryl methyl sites for hydroxylation is 1. The van der Waals surface area contributed by atoms with Gasteiger partial charge in [-0.3, -0.25) is 14.3 Å². The van der Waals surface area contributed by atoms with E-state index in [4.69, 9.17) is 9.15 Å².